The molecule has 2 aromatic heterocycles. The molecule has 6 nitrogen and oxygen atoms in total. The zero-order valence-electron chi connectivity index (χ0n) is 15.2. The van der Waals surface area contributed by atoms with Crippen LogP contribution in [0.1, 0.15) is 19.3 Å². The third kappa shape index (κ3) is 5.00. The maximum absolute atomic E-state index is 12.2. The molecule has 0 bridgehead atoms. The summed E-state index contributed by atoms with van der Waals surface area (Å²) in [5, 5.41) is 3.58. The van der Waals surface area contributed by atoms with Crippen molar-refractivity contribution in [1.29, 1.82) is 0 Å². The predicted octanol–water partition coefficient (Wildman–Crippen LogP) is 4.99. The van der Waals surface area contributed by atoms with Crippen LogP contribution in [-0.2, 0) is 4.79 Å². The number of amides is 1. The Labute approximate surface area is 168 Å². The Morgan fingerprint density at radius 3 is 2.62 bits per heavy atom. The van der Waals surface area contributed by atoms with Gasteiger partial charge in [0.1, 0.15) is 5.65 Å². The van der Waals surface area contributed by atoms with Crippen LogP contribution in [0.25, 0.3) is 22.3 Å². The minimum atomic E-state index is -4.15. The number of rotatable bonds is 7. The molecule has 0 unspecified atom stereocenters. The maximum Gasteiger partial charge on any atom is 0.389 e. The SMILES string of the molecule is O=C(Nc1nc(-c2ccc(NSCCC(F)(F)F)cc2)c2cc[nH]c2n1)C1CC1. The Kier molecular flexibility index (Phi) is 5.35. The van der Waals surface area contributed by atoms with E-state index >= 15 is 0 Å². The Morgan fingerprint density at radius 2 is 1.93 bits per heavy atom. The van der Waals surface area contributed by atoms with Gasteiger partial charge in [-0.15, -0.1) is 0 Å². The van der Waals surface area contributed by atoms with Gasteiger partial charge in [-0.3, -0.25) is 10.1 Å². The number of aromatic amines is 1. The van der Waals surface area contributed by atoms with E-state index in [-0.39, 0.29) is 23.5 Å². The molecular formula is C19H18F3N5OS. The summed E-state index contributed by atoms with van der Waals surface area (Å²) in [6.45, 7) is 0. The van der Waals surface area contributed by atoms with Gasteiger partial charge in [0.15, 0.2) is 0 Å². The number of carbonyl (C=O) groups is 1. The summed E-state index contributed by atoms with van der Waals surface area (Å²) in [6.07, 6.45) is -1.47. The van der Waals surface area contributed by atoms with Crippen LogP contribution in [0.5, 0.6) is 0 Å². The van der Waals surface area contributed by atoms with E-state index in [0.29, 0.717) is 17.0 Å². The van der Waals surface area contributed by atoms with Crippen LogP contribution in [0.3, 0.4) is 0 Å². The number of nitrogens with one attached hydrogen (secondary N) is 3. The summed E-state index contributed by atoms with van der Waals surface area (Å²) in [7, 11) is 0. The predicted molar refractivity (Wildman–Crippen MR) is 107 cm³/mol. The molecular weight excluding hydrogens is 403 g/mol. The van der Waals surface area contributed by atoms with Crippen molar-refractivity contribution in [3.8, 4) is 11.3 Å². The number of nitrogens with zero attached hydrogens (tertiary/aromatic N) is 2. The monoisotopic (exact) mass is 421 g/mol. The van der Waals surface area contributed by atoms with Crippen molar-refractivity contribution in [3.63, 3.8) is 0 Å². The van der Waals surface area contributed by atoms with Crippen LogP contribution in [0.2, 0.25) is 0 Å². The highest BCUT2D eigenvalue weighted by Gasteiger charge is 2.30. The Morgan fingerprint density at radius 1 is 1.17 bits per heavy atom. The molecule has 1 aromatic carbocycles. The van der Waals surface area contributed by atoms with Gasteiger partial charge in [-0.05, 0) is 31.0 Å². The van der Waals surface area contributed by atoms with Gasteiger partial charge in [0.25, 0.3) is 0 Å². The summed E-state index contributed by atoms with van der Waals surface area (Å²) >= 11 is 1.01. The minimum Gasteiger partial charge on any atom is -0.346 e. The molecule has 152 valence electrons. The zero-order valence-corrected chi connectivity index (χ0v) is 16.0. The average Bonchev–Trinajstić information content (AvgIpc) is 3.43. The second-order valence-corrected chi connectivity index (χ2v) is 7.69. The number of H-pyrrole nitrogens is 1. The topological polar surface area (TPSA) is 82.7 Å². The first-order valence-corrected chi connectivity index (χ1v) is 10.1. The molecule has 1 aliphatic rings. The smallest absolute Gasteiger partial charge is 0.346 e. The van der Waals surface area contributed by atoms with Crippen LogP contribution in [0.4, 0.5) is 24.8 Å². The van der Waals surface area contributed by atoms with E-state index in [1.54, 1.807) is 18.3 Å². The summed E-state index contributed by atoms with van der Waals surface area (Å²) in [4.78, 5) is 23.9. The van der Waals surface area contributed by atoms with Crippen molar-refractivity contribution in [2.24, 2.45) is 5.92 Å². The van der Waals surface area contributed by atoms with E-state index in [9.17, 15) is 18.0 Å². The molecule has 3 aromatic rings. The van der Waals surface area contributed by atoms with Crippen molar-refractivity contribution in [2.45, 2.75) is 25.4 Å². The molecule has 0 radical (unpaired) electrons. The van der Waals surface area contributed by atoms with Crippen molar-refractivity contribution in [1.82, 2.24) is 15.0 Å². The van der Waals surface area contributed by atoms with Gasteiger partial charge in [0.2, 0.25) is 11.9 Å². The molecule has 29 heavy (non-hydrogen) atoms. The van der Waals surface area contributed by atoms with Crippen molar-refractivity contribution < 1.29 is 18.0 Å². The molecule has 1 saturated carbocycles. The summed E-state index contributed by atoms with van der Waals surface area (Å²) in [5.74, 6) is 0.154. The zero-order chi connectivity index (χ0) is 20.4. The van der Waals surface area contributed by atoms with Crippen LogP contribution in [-0.4, -0.2) is 32.8 Å². The van der Waals surface area contributed by atoms with E-state index in [4.69, 9.17) is 0 Å². The van der Waals surface area contributed by atoms with Crippen molar-refractivity contribution >= 4 is 40.5 Å². The van der Waals surface area contributed by atoms with E-state index in [1.165, 1.54) is 0 Å². The fourth-order valence-electron chi connectivity index (χ4n) is 2.77. The van der Waals surface area contributed by atoms with E-state index in [2.05, 4.69) is 25.0 Å². The van der Waals surface area contributed by atoms with Crippen LogP contribution in [0.15, 0.2) is 36.5 Å². The number of benzene rings is 1. The molecule has 0 spiro atoms. The second-order valence-electron chi connectivity index (χ2n) is 6.79. The Balaban J connectivity index is 1.49. The molecule has 0 saturated heterocycles. The number of hydrogen-bond acceptors (Lipinski definition) is 5. The second kappa shape index (κ2) is 7.94. The van der Waals surface area contributed by atoms with Gasteiger partial charge < -0.3 is 9.71 Å². The van der Waals surface area contributed by atoms with Gasteiger partial charge in [-0.25, -0.2) is 4.98 Å². The quantitative estimate of drug-likeness (QED) is 0.370. The third-order valence-corrected chi connectivity index (χ3v) is 5.22. The van der Waals surface area contributed by atoms with Crippen molar-refractivity contribution in [3.05, 3.63) is 36.5 Å². The van der Waals surface area contributed by atoms with Crippen LogP contribution >= 0.6 is 11.9 Å². The van der Waals surface area contributed by atoms with Gasteiger partial charge in [0.05, 0.1) is 12.1 Å². The van der Waals surface area contributed by atoms with Gasteiger partial charge in [-0.2, -0.15) is 18.2 Å². The van der Waals surface area contributed by atoms with Gasteiger partial charge in [-0.1, -0.05) is 24.1 Å². The van der Waals surface area contributed by atoms with Gasteiger partial charge in [0, 0.05) is 34.5 Å². The molecule has 2 heterocycles. The minimum absolute atomic E-state index is 0.0431. The first kappa shape index (κ1) is 19.6. The van der Waals surface area contributed by atoms with Crippen molar-refractivity contribution in [2.75, 3.05) is 15.8 Å². The highest BCUT2D eigenvalue weighted by molar-refractivity contribution is 8.00. The van der Waals surface area contributed by atoms with Crippen LogP contribution in [0, 0.1) is 5.92 Å². The Bertz CT molecular complexity index is 1010. The molecule has 1 fully saturated rings. The molecule has 1 aliphatic carbocycles. The van der Waals surface area contributed by atoms with E-state index < -0.39 is 12.6 Å². The number of aromatic nitrogens is 3. The average molecular weight is 421 g/mol. The largest absolute Gasteiger partial charge is 0.389 e. The fourth-order valence-corrected chi connectivity index (χ4v) is 3.51. The lowest BCUT2D eigenvalue weighted by Gasteiger charge is -2.10. The molecule has 4 rings (SSSR count). The lowest BCUT2D eigenvalue weighted by atomic mass is 10.1. The number of hydrogen-bond donors (Lipinski definition) is 3. The number of alkyl halides is 3. The highest BCUT2D eigenvalue weighted by Crippen LogP contribution is 2.31. The van der Waals surface area contributed by atoms with Gasteiger partial charge >= 0.3 is 6.18 Å². The first-order chi connectivity index (χ1) is 13.9. The normalized spacial score (nSPS) is 14.2. The third-order valence-electron chi connectivity index (χ3n) is 4.43. The molecule has 0 aliphatic heterocycles. The van der Waals surface area contributed by atoms with Crippen LogP contribution < -0.4 is 10.0 Å². The van der Waals surface area contributed by atoms with E-state index in [1.807, 2.05) is 18.2 Å². The molecule has 1 amide bonds. The standard InChI is InChI=1S/C19H18F3N5OS/c20-19(21,22)8-10-29-27-13-5-3-11(4-6-13)15-14-7-9-23-16(14)25-18(24-15)26-17(28)12-1-2-12/h3-7,9,12,27H,1-2,8,10H2,(H2,23,24,25,26,28). The highest BCUT2D eigenvalue weighted by atomic mass is 32.2. The summed E-state index contributed by atoms with van der Waals surface area (Å²) in [5.41, 5.74) is 2.79. The fraction of sp³-hybridized carbons (Fsp3) is 0.316. The molecule has 0 atom stereocenters. The summed E-state index contributed by atoms with van der Waals surface area (Å²) in [6, 6.07) is 9.07. The number of carbonyl (C=O) groups excluding carboxylic acids is 1. The lowest BCUT2D eigenvalue weighted by Crippen LogP contribution is -2.15. The lowest BCUT2D eigenvalue weighted by molar-refractivity contribution is -0.129. The molecule has 3 N–H and O–H groups in total. The number of fused-ring (bicyclic) bond motifs is 1. The summed E-state index contributed by atoms with van der Waals surface area (Å²) < 4.78 is 39.5. The number of halogens is 3. The van der Waals surface area contributed by atoms with E-state index in [0.717, 1.165) is 35.7 Å². The Hall–Kier alpha value is -2.75. The first-order valence-electron chi connectivity index (χ1n) is 9.10. The number of anilines is 2. The molecule has 10 heteroatoms. The maximum atomic E-state index is 12.2.